The van der Waals surface area contributed by atoms with Crippen molar-refractivity contribution in [1.29, 1.82) is 0 Å². The summed E-state index contributed by atoms with van der Waals surface area (Å²) in [6.07, 6.45) is 1.68. The van der Waals surface area contributed by atoms with Gasteiger partial charge in [-0.05, 0) is 49.6 Å². The minimum absolute atomic E-state index is 0.0145. The molecule has 3 N–H and O–H groups in total. The van der Waals surface area contributed by atoms with E-state index >= 15 is 0 Å². The Hall–Kier alpha value is -3.59. The lowest BCUT2D eigenvalue weighted by Gasteiger charge is -2.41. The number of carboxylic acids is 1. The molecule has 1 aromatic carbocycles. The van der Waals surface area contributed by atoms with Crippen molar-refractivity contribution in [2.24, 2.45) is 23.7 Å². The zero-order chi connectivity index (χ0) is 43.7. The van der Waals surface area contributed by atoms with E-state index in [9.17, 15) is 29.1 Å². The van der Waals surface area contributed by atoms with E-state index in [1.165, 1.54) is 7.11 Å². The molecule has 0 aromatic heterocycles. The topological polar surface area (TPSA) is 167 Å². The number of amides is 4. The molecule has 0 unspecified atom stereocenters. The van der Waals surface area contributed by atoms with Crippen LogP contribution in [-0.4, -0.2) is 146 Å². The van der Waals surface area contributed by atoms with Crippen molar-refractivity contribution in [2.45, 2.75) is 136 Å². The number of carbonyl (C=O) groups is 5. The first-order chi connectivity index (χ1) is 27.4. The number of rotatable bonds is 26. The Morgan fingerprint density at radius 3 is 2.09 bits per heavy atom. The highest BCUT2D eigenvalue weighted by Gasteiger charge is 2.43. The molecule has 1 saturated heterocycles. The second kappa shape index (κ2) is 25.1. The fourth-order valence-corrected chi connectivity index (χ4v) is 8.24. The number of ether oxygens (including phenoxy) is 3. The Bertz CT molecular complexity index is 1430. The number of likely N-dealkylation sites (tertiary alicyclic amines) is 1. The lowest BCUT2D eigenvalue weighted by Crippen LogP contribution is -2.60. The van der Waals surface area contributed by atoms with Crippen LogP contribution in [0, 0.1) is 23.7 Å². The average molecular weight is 818 g/mol. The molecule has 0 radical (unpaired) electrons. The van der Waals surface area contributed by atoms with Crippen LogP contribution in [0.5, 0.6) is 0 Å². The first-order valence-electron chi connectivity index (χ1n) is 21.2. The summed E-state index contributed by atoms with van der Waals surface area (Å²) < 4.78 is 17.6. The first-order valence-corrected chi connectivity index (χ1v) is 21.2. The standard InChI is InChI=1S/C44H75N5O9/c1-13-24-58-25-23-47(9)38(29(5)6)42(52)46-37(28(3)4)43(53)48(10)39(30(7)14-2)35(56-11)27-36(50)49-22-18-21-34(49)40(57-12)31(8)41(51)45-33(44(54)55)26-32-19-16-15-17-20-32/h15-17,19-20,28-31,33-35,37-40H,13-14,18,21-27H2,1-12H3,(H,45,51)(H,46,52)(H,54,55)/t30-,31+,33-,34-,35+,37-,38-,39-,40+/m0/s1. The summed E-state index contributed by atoms with van der Waals surface area (Å²) in [4.78, 5) is 73.6. The number of likely N-dealkylation sites (N-methyl/N-ethyl adjacent to an activating group) is 2. The Labute approximate surface area is 348 Å². The normalized spacial score (nSPS) is 18.6. The second-order valence-electron chi connectivity index (χ2n) is 16.7. The average Bonchev–Trinajstić information content (AvgIpc) is 3.67. The minimum atomic E-state index is -1.14. The number of benzene rings is 1. The molecule has 0 bridgehead atoms. The van der Waals surface area contributed by atoms with Crippen molar-refractivity contribution in [3.63, 3.8) is 0 Å². The van der Waals surface area contributed by atoms with Crippen LogP contribution in [0.2, 0.25) is 0 Å². The van der Waals surface area contributed by atoms with Crippen molar-refractivity contribution in [3.8, 4) is 0 Å². The van der Waals surface area contributed by atoms with E-state index in [4.69, 9.17) is 14.2 Å². The molecule has 9 atom stereocenters. The van der Waals surface area contributed by atoms with Crippen molar-refractivity contribution in [2.75, 3.05) is 54.6 Å². The van der Waals surface area contributed by atoms with E-state index in [2.05, 4.69) is 10.6 Å². The van der Waals surface area contributed by atoms with E-state index < -0.39 is 60.2 Å². The Kier molecular flexibility index (Phi) is 21.9. The number of nitrogens with zero attached hydrogens (tertiary/aromatic N) is 3. The molecule has 0 spiro atoms. The number of nitrogens with one attached hydrogen (secondary N) is 2. The number of methoxy groups -OCH3 is 2. The molecule has 0 saturated carbocycles. The lowest BCUT2D eigenvalue weighted by molar-refractivity contribution is -0.148. The highest BCUT2D eigenvalue weighted by molar-refractivity contribution is 5.90. The largest absolute Gasteiger partial charge is 0.480 e. The van der Waals surface area contributed by atoms with Gasteiger partial charge in [-0.1, -0.05) is 92.1 Å². The van der Waals surface area contributed by atoms with Gasteiger partial charge in [0.1, 0.15) is 12.1 Å². The van der Waals surface area contributed by atoms with Crippen molar-refractivity contribution >= 4 is 29.6 Å². The van der Waals surface area contributed by atoms with Crippen molar-refractivity contribution < 1.29 is 43.3 Å². The third-order valence-corrected chi connectivity index (χ3v) is 11.7. The van der Waals surface area contributed by atoms with Gasteiger partial charge in [-0.25, -0.2) is 4.79 Å². The molecular formula is C44H75N5O9. The van der Waals surface area contributed by atoms with Gasteiger partial charge >= 0.3 is 5.97 Å². The highest BCUT2D eigenvalue weighted by atomic mass is 16.5. The molecule has 1 aliphatic heterocycles. The van der Waals surface area contributed by atoms with Gasteiger partial charge in [-0.3, -0.25) is 24.1 Å². The Morgan fingerprint density at radius 2 is 1.55 bits per heavy atom. The SMILES string of the molecule is CCCOCCN(C)[C@H](C(=O)N[C@H](C(=O)N(C)[C@@H]([C@@H](C)CC)[C@@H](CC(=O)N1CCC[C@H]1[C@H](OC)[C@@H](C)C(=O)N[C@@H](Cc1ccccc1)C(=O)O)OC)C(C)C)C(C)C. The molecule has 4 amide bonds. The predicted octanol–water partition coefficient (Wildman–Crippen LogP) is 4.24. The fraction of sp³-hybridized carbons (Fsp3) is 0.750. The molecule has 1 fully saturated rings. The molecule has 0 aliphatic carbocycles. The summed E-state index contributed by atoms with van der Waals surface area (Å²) in [5, 5.41) is 15.7. The second-order valence-corrected chi connectivity index (χ2v) is 16.7. The summed E-state index contributed by atoms with van der Waals surface area (Å²) in [6.45, 7) is 17.8. The summed E-state index contributed by atoms with van der Waals surface area (Å²) >= 11 is 0. The third-order valence-electron chi connectivity index (χ3n) is 11.7. The molecule has 14 nitrogen and oxygen atoms in total. The van der Waals surface area contributed by atoms with Crippen LogP contribution in [-0.2, 0) is 44.6 Å². The van der Waals surface area contributed by atoms with Crippen LogP contribution >= 0.6 is 0 Å². The van der Waals surface area contributed by atoms with Crippen LogP contribution in [0.1, 0.15) is 93.1 Å². The van der Waals surface area contributed by atoms with Gasteiger partial charge in [0.25, 0.3) is 0 Å². The summed E-state index contributed by atoms with van der Waals surface area (Å²) in [6, 6.07) is 5.77. The molecular weight excluding hydrogens is 743 g/mol. The van der Waals surface area contributed by atoms with Gasteiger partial charge < -0.3 is 39.8 Å². The monoisotopic (exact) mass is 818 g/mol. The summed E-state index contributed by atoms with van der Waals surface area (Å²) in [5.41, 5.74) is 0.783. The minimum Gasteiger partial charge on any atom is -0.480 e. The summed E-state index contributed by atoms with van der Waals surface area (Å²) in [7, 11) is 6.66. The van der Waals surface area contributed by atoms with Gasteiger partial charge in [0.05, 0.1) is 49.3 Å². The molecule has 2 rings (SSSR count). The number of carbonyl (C=O) groups excluding carboxylic acids is 4. The van der Waals surface area contributed by atoms with E-state index in [-0.39, 0.29) is 48.3 Å². The van der Waals surface area contributed by atoms with Crippen LogP contribution in [0.15, 0.2) is 30.3 Å². The smallest absolute Gasteiger partial charge is 0.326 e. The summed E-state index contributed by atoms with van der Waals surface area (Å²) in [5.74, 6) is -3.34. The van der Waals surface area contributed by atoms with E-state index in [1.807, 2.05) is 90.7 Å². The van der Waals surface area contributed by atoms with Crippen LogP contribution in [0.3, 0.4) is 0 Å². The van der Waals surface area contributed by atoms with Gasteiger partial charge in [0, 0.05) is 47.4 Å². The van der Waals surface area contributed by atoms with Gasteiger partial charge in [-0.15, -0.1) is 0 Å². The molecule has 1 heterocycles. The highest BCUT2D eigenvalue weighted by Crippen LogP contribution is 2.30. The van der Waals surface area contributed by atoms with Gasteiger partial charge in [-0.2, -0.15) is 0 Å². The molecule has 58 heavy (non-hydrogen) atoms. The van der Waals surface area contributed by atoms with Gasteiger partial charge in [0.15, 0.2) is 0 Å². The van der Waals surface area contributed by atoms with Gasteiger partial charge in [0.2, 0.25) is 23.6 Å². The van der Waals surface area contributed by atoms with Crippen LogP contribution < -0.4 is 10.6 Å². The van der Waals surface area contributed by atoms with Crippen molar-refractivity contribution in [3.05, 3.63) is 35.9 Å². The maximum absolute atomic E-state index is 14.4. The molecule has 330 valence electrons. The quantitative estimate of drug-likeness (QED) is 0.115. The maximum atomic E-state index is 14.4. The Balaban J connectivity index is 2.26. The first kappa shape index (κ1) is 50.6. The molecule has 14 heteroatoms. The lowest BCUT2D eigenvalue weighted by atomic mass is 9.89. The number of aliphatic carboxylic acids is 1. The van der Waals surface area contributed by atoms with Crippen LogP contribution in [0.4, 0.5) is 0 Å². The number of carboxylic acid groups (broad SMARTS) is 1. The maximum Gasteiger partial charge on any atom is 0.326 e. The number of hydrogen-bond donors (Lipinski definition) is 3. The van der Waals surface area contributed by atoms with E-state index in [0.29, 0.717) is 45.6 Å². The fourth-order valence-electron chi connectivity index (χ4n) is 8.24. The molecule has 1 aromatic rings. The zero-order valence-corrected chi connectivity index (χ0v) is 37.4. The van der Waals surface area contributed by atoms with E-state index in [0.717, 1.165) is 12.0 Å². The Morgan fingerprint density at radius 1 is 0.897 bits per heavy atom. The zero-order valence-electron chi connectivity index (χ0n) is 37.4. The van der Waals surface area contributed by atoms with Crippen molar-refractivity contribution in [1.82, 2.24) is 25.3 Å². The van der Waals surface area contributed by atoms with E-state index in [1.54, 1.807) is 30.9 Å². The molecule has 1 aliphatic rings. The van der Waals surface area contributed by atoms with Crippen LogP contribution in [0.25, 0.3) is 0 Å². The third kappa shape index (κ3) is 14.3. The predicted molar refractivity (Wildman–Crippen MR) is 225 cm³/mol. The number of hydrogen-bond acceptors (Lipinski definition) is 9.